The molecule has 2 unspecified atom stereocenters. The van der Waals surface area contributed by atoms with Gasteiger partial charge in [-0.2, -0.15) is 0 Å². The molecule has 0 N–H and O–H groups in total. The minimum Gasteiger partial charge on any atom is -0.303 e. The molecule has 0 aliphatic heterocycles. The highest BCUT2D eigenvalue weighted by Gasteiger charge is 2.50. The molecule has 94 valence electrons. The Morgan fingerprint density at radius 1 is 1.06 bits per heavy atom. The van der Waals surface area contributed by atoms with Crippen LogP contribution in [0.2, 0.25) is 0 Å². The number of carbonyl (C=O) groups excluding carboxylic acids is 1. The molecule has 2 atom stereocenters. The molecule has 1 aliphatic rings. The number of aldehydes is 1. The topological polar surface area (TPSA) is 17.1 Å². The van der Waals surface area contributed by atoms with Crippen LogP contribution in [0.25, 0.3) is 0 Å². The molecule has 0 bridgehead atoms. The van der Waals surface area contributed by atoms with E-state index in [9.17, 15) is 4.79 Å². The summed E-state index contributed by atoms with van der Waals surface area (Å²) in [5, 5.41) is 0. The van der Waals surface area contributed by atoms with Crippen molar-refractivity contribution in [3.8, 4) is 0 Å². The van der Waals surface area contributed by atoms with E-state index in [1.165, 1.54) is 57.7 Å². The molecule has 1 fully saturated rings. The first-order valence-corrected chi connectivity index (χ1v) is 7.21. The van der Waals surface area contributed by atoms with Gasteiger partial charge in [-0.3, -0.25) is 0 Å². The molecule has 0 saturated heterocycles. The lowest BCUT2D eigenvalue weighted by molar-refractivity contribution is -0.112. The van der Waals surface area contributed by atoms with E-state index < -0.39 is 0 Å². The van der Waals surface area contributed by atoms with Crippen molar-refractivity contribution in [3.63, 3.8) is 0 Å². The first kappa shape index (κ1) is 13.7. The molecule has 0 aromatic rings. The van der Waals surface area contributed by atoms with Gasteiger partial charge in [-0.05, 0) is 18.8 Å². The van der Waals surface area contributed by atoms with E-state index in [0.717, 1.165) is 12.8 Å². The zero-order chi connectivity index (χ0) is 11.9. The maximum Gasteiger partial charge on any atom is 0.126 e. The summed E-state index contributed by atoms with van der Waals surface area (Å²) in [5.74, 6) is 0.662. The van der Waals surface area contributed by atoms with Crippen LogP contribution in [-0.2, 0) is 4.79 Å². The molecule has 0 aromatic carbocycles. The Labute approximate surface area is 101 Å². The quantitative estimate of drug-likeness (QED) is 0.387. The summed E-state index contributed by atoms with van der Waals surface area (Å²) in [7, 11) is 0. The van der Waals surface area contributed by atoms with E-state index in [1.54, 1.807) is 0 Å². The summed E-state index contributed by atoms with van der Waals surface area (Å²) in [6, 6.07) is 0. The first-order chi connectivity index (χ1) is 7.75. The SMILES string of the molecule is CCCCCCCCCCC1(C=O)CC1C. The van der Waals surface area contributed by atoms with Gasteiger partial charge in [0.2, 0.25) is 0 Å². The van der Waals surface area contributed by atoms with Crippen LogP contribution in [0.3, 0.4) is 0 Å². The predicted molar refractivity (Wildman–Crippen MR) is 69.5 cm³/mol. The summed E-state index contributed by atoms with van der Waals surface area (Å²) < 4.78 is 0. The van der Waals surface area contributed by atoms with Crippen LogP contribution in [0, 0.1) is 11.3 Å². The molecule has 1 heteroatoms. The van der Waals surface area contributed by atoms with Crippen LogP contribution in [0.5, 0.6) is 0 Å². The molecule has 0 radical (unpaired) electrons. The maximum absolute atomic E-state index is 10.9. The lowest BCUT2D eigenvalue weighted by Crippen LogP contribution is -2.04. The second-order valence-corrected chi connectivity index (χ2v) is 5.68. The van der Waals surface area contributed by atoms with Gasteiger partial charge >= 0.3 is 0 Å². The van der Waals surface area contributed by atoms with Crippen molar-refractivity contribution in [1.82, 2.24) is 0 Å². The van der Waals surface area contributed by atoms with Crippen molar-refractivity contribution in [3.05, 3.63) is 0 Å². The van der Waals surface area contributed by atoms with Crippen LogP contribution >= 0.6 is 0 Å². The van der Waals surface area contributed by atoms with Gasteiger partial charge in [-0.15, -0.1) is 0 Å². The lowest BCUT2D eigenvalue weighted by Gasteiger charge is -2.07. The van der Waals surface area contributed by atoms with E-state index in [1.807, 2.05) is 0 Å². The summed E-state index contributed by atoms with van der Waals surface area (Å²) >= 11 is 0. The Kier molecular flexibility index (Phi) is 6.08. The summed E-state index contributed by atoms with van der Waals surface area (Å²) in [5.41, 5.74) is 0.113. The van der Waals surface area contributed by atoms with Crippen molar-refractivity contribution in [2.75, 3.05) is 0 Å². The highest BCUT2D eigenvalue weighted by atomic mass is 16.1. The van der Waals surface area contributed by atoms with Crippen LogP contribution in [0.15, 0.2) is 0 Å². The fourth-order valence-electron chi connectivity index (χ4n) is 2.67. The predicted octanol–water partition coefficient (Wildman–Crippen LogP) is 4.74. The summed E-state index contributed by atoms with van der Waals surface area (Å²) in [6.07, 6.45) is 14.4. The number of hydrogen-bond donors (Lipinski definition) is 0. The van der Waals surface area contributed by atoms with Crippen LogP contribution in [0.4, 0.5) is 0 Å². The molecule has 0 heterocycles. The van der Waals surface area contributed by atoms with Crippen molar-refractivity contribution < 1.29 is 4.79 Å². The Hall–Kier alpha value is -0.330. The third-order valence-corrected chi connectivity index (χ3v) is 4.24. The number of rotatable bonds is 10. The third-order valence-electron chi connectivity index (χ3n) is 4.24. The first-order valence-electron chi connectivity index (χ1n) is 7.21. The number of unbranched alkanes of at least 4 members (excludes halogenated alkanes) is 7. The van der Waals surface area contributed by atoms with Gasteiger partial charge in [-0.1, -0.05) is 65.2 Å². The average molecular weight is 224 g/mol. The third kappa shape index (κ3) is 4.27. The van der Waals surface area contributed by atoms with Gasteiger partial charge in [0.15, 0.2) is 0 Å². The monoisotopic (exact) mass is 224 g/mol. The van der Waals surface area contributed by atoms with Gasteiger partial charge in [0, 0.05) is 5.41 Å². The van der Waals surface area contributed by atoms with E-state index in [-0.39, 0.29) is 5.41 Å². The van der Waals surface area contributed by atoms with Crippen LogP contribution < -0.4 is 0 Å². The molecule has 1 nitrogen and oxygen atoms in total. The van der Waals surface area contributed by atoms with Crippen molar-refractivity contribution in [1.29, 1.82) is 0 Å². The minimum atomic E-state index is 0.113. The van der Waals surface area contributed by atoms with Gasteiger partial charge in [0.25, 0.3) is 0 Å². The lowest BCUT2D eigenvalue weighted by atomic mass is 9.97. The largest absolute Gasteiger partial charge is 0.303 e. The second kappa shape index (κ2) is 7.09. The zero-order valence-corrected chi connectivity index (χ0v) is 11.1. The Morgan fingerprint density at radius 2 is 1.56 bits per heavy atom. The normalized spacial score (nSPS) is 28.0. The summed E-state index contributed by atoms with van der Waals surface area (Å²) in [4.78, 5) is 10.9. The molecule has 0 aromatic heterocycles. The Bertz CT molecular complexity index is 200. The molecular weight excluding hydrogens is 196 g/mol. The number of hydrogen-bond acceptors (Lipinski definition) is 1. The number of carbonyl (C=O) groups is 1. The molecule has 16 heavy (non-hydrogen) atoms. The highest BCUT2D eigenvalue weighted by Crippen LogP contribution is 2.53. The van der Waals surface area contributed by atoms with E-state index >= 15 is 0 Å². The smallest absolute Gasteiger partial charge is 0.126 e. The molecule has 0 spiro atoms. The van der Waals surface area contributed by atoms with Gasteiger partial charge < -0.3 is 4.79 Å². The minimum absolute atomic E-state index is 0.113. The molecule has 1 saturated carbocycles. The van der Waals surface area contributed by atoms with Crippen molar-refractivity contribution >= 4 is 6.29 Å². The zero-order valence-electron chi connectivity index (χ0n) is 11.1. The molecular formula is C15H28O. The van der Waals surface area contributed by atoms with Crippen molar-refractivity contribution in [2.45, 2.75) is 78.1 Å². The maximum atomic E-state index is 10.9. The Morgan fingerprint density at radius 3 is 2.00 bits per heavy atom. The summed E-state index contributed by atoms with van der Waals surface area (Å²) in [6.45, 7) is 4.47. The fraction of sp³-hybridized carbons (Fsp3) is 0.933. The van der Waals surface area contributed by atoms with Crippen molar-refractivity contribution in [2.24, 2.45) is 11.3 Å². The van der Waals surface area contributed by atoms with E-state index in [4.69, 9.17) is 0 Å². The van der Waals surface area contributed by atoms with E-state index in [2.05, 4.69) is 13.8 Å². The molecule has 1 rings (SSSR count). The highest BCUT2D eigenvalue weighted by molar-refractivity contribution is 5.64. The van der Waals surface area contributed by atoms with Gasteiger partial charge in [0.05, 0.1) is 0 Å². The Balaban J connectivity index is 1.87. The average Bonchev–Trinajstić information content (AvgIpc) is 2.94. The van der Waals surface area contributed by atoms with Gasteiger partial charge in [-0.25, -0.2) is 0 Å². The second-order valence-electron chi connectivity index (χ2n) is 5.68. The van der Waals surface area contributed by atoms with E-state index in [0.29, 0.717) is 5.92 Å². The molecule has 1 aliphatic carbocycles. The van der Waals surface area contributed by atoms with Crippen LogP contribution in [-0.4, -0.2) is 6.29 Å². The van der Waals surface area contributed by atoms with Gasteiger partial charge in [0.1, 0.15) is 6.29 Å². The fourth-order valence-corrected chi connectivity index (χ4v) is 2.67. The van der Waals surface area contributed by atoms with Crippen LogP contribution in [0.1, 0.15) is 78.1 Å². The molecule has 0 amide bonds. The standard InChI is InChI=1S/C15H28O/c1-3-4-5-6-7-8-9-10-11-15(13-16)12-14(15)2/h13-14H,3-12H2,1-2H3.